The lowest BCUT2D eigenvalue weighted by atomic mass is 10.3. The van der Waals surface area contributed by atoms with Crippen molar-refractivity contribution in [3.63, 3.8) is 0 Å². The van der Waals surface area contributed by atoms with Gasteiger partial charge < -0.3 is 10.3 Å². The summed E-state index contributed by atoms with van der Waals surface area (Å²) in [6.45, 7) is 0. The van der Waals surface area contributed by atoms with E-state index in [1.54, 1.807) is 0 Å². The van der Waals surface area contributed by atoms with Crippen LogP contribution < -0.4 is 16.0 Å². The third-order valence-corrected chi connectivity index (χ3v) is 3.66. The third kappa shape index (κ3) is 3.66. The number of nitrogens with zero attached hydrogens (tertiary/aromatic N) is 1. The van der Waals surface area contributed by atoms with Gasteiger partial charge in [-0.25, -0.2) is 18.5 Å². The molecule has 0 bridgehead atoms. The maximum absolute atomic E-state index is 11.9. The Morgan fingerprint density at radius 3 is 2.67 bits per heavy atom. The molecule has 1 heterocycles. The topological polar surface area (TPSA) is 135 Å². The number of benzene rings is 1. The van der Waals surface area contributed by atoms with Crippen LogP contribution >= 0.6 is 11.6 Å². The normalized spacial score (nSPS) is 11.1. The highest BCUT2D eigenvalue weighted by molar-refractivity contribution is 7.89. The molecule has 1 amide bonds. The Hall–Kier alpha value is -2.23. The molecule has 110 valence electrons. The van der Waals surface area contributed by atoms with Crippen molar-refractivity contribution in [1.82, 2.24) is 9.97 Å². The van der Waals surface area contributed by atoms with Gasteiger partial charge in [-0.1, -0.05) is 11.6 Å². The molecule has 1 aromatic heterocycles. The maximum atomic E-state index is 11.9. The molecule has 2 aromatic rings. The number of primary sulfonamides is 1. The van der Waals surface area contributed by atoms with Crippen molar-refractivity contribution in [2.45, 2.75) is 4.90 Å². The zero-order valence-electron chi connectivity index (χ0n) is 10.3. The number of nitrogens with one attached hydrogen (secondary N) is 2. The predicted octanol–water partition coefficient (Wildman–Crippen LogP) is 0.323. The summed E-state index contributed by atoms with van der Waals surface area (Å²) in [6, 6.07) is 3.63. The lowest BCUT2D eigenvalue weighted by Crippen LogP contribution is -2.18. The highest BCUT2D eigenvalue weighted by Crippen LogP contribution is 2.25. The lowest BCUT2D eigenvalue weighted by Gasteiger charge is -2.08. The van der Waals surface area contributed by atoms with E-state index >= 15 is 0 Å². The first-order chi connectivity index (χ1) is 9.77. The lowest BCUT2D eigenvalue weighted by molar-refractivity contribution is 0.102. The molecule has 0 atom stereocenters. The SMILES string of the molecule is NS(=O)(=O)c1ccc(Cl)c(NC(=O)c2c[nH]c(=O)cn2)c1. The summed E-state index contributed by atoms with van der Waals surface area (Å²) in [6.07, 6.45) is 2.06. The molecular weight excluding hydrogens is 320 g/mol. The van der Waals surface area contributed by atoms with Crippen LogP contribution in [0, 0.1) is 0 Å². The average Bonchev–Trinajstić information content (AvgIpc) is 2.40. The van der Waals surface area contributed by atoms with Crippen molar-refractivity contribution >= 4 is 33.2 Å². The quantitative estimate of drug-likeness (QED) is 0.745. The van der Waals surface area contributed by atoms with E-state index in [1.165, 1.54) is 12.1 Å². The van der Waals surface area contributed by atoms with Gasteiger partial charge in [-0.05, 0) is 18.2 Å². The molecule has 0 radical (unpaired) electrons. The third-order valence-electron chi connectivity index (χ3n) is 2.42. The van der Waals surface area contributed by atoms with Crippen LogP contribution in [0.25, 0.3) is 0 Å². The smallest absolute Gasteiger partial charge is 0.275 e. The number of H-pyrrole nitrogens is 1. The fourth-order valence-electron chi connectivity index (χ4n) is 1.43. The van der Waals surface area contributed by atoms with Gasteiger partial charge in [0.1, 0.15) is 5.69 Å². The number of carbonyl (C=O) groups is 1. The van der Waals surface area contributed by atoms with Crippen LogP contribution in [0.5, 0.6) is 0 Å². The van der Waals surface area contributed by atoms with Gasteiger partial charge in [0.2, 0.25) is 10.0 Å². The number of rotatable bonds is 3. The number of nitrogens with two attached hydrogens (primary N) is 1. The van der Waals surface area contributed by atoms with Gasteiger partial charge in [0.05, 0.1) is 21.8 Å². The Morgan fingerprint density at radius 1 is 1.38 bits per heavy atom. The van der Waals surface area contributed by atoms with Crippen LogP contribution in [0.15, 0.2) is 40.3 Å². The second-order valence-corrected chi connectivity index (χ2v) is 5.91. The maximum Gasteiger partial charge on any atom is 0.275 e. The van der Waals surface area contributed by atoms with Gasteiger partial charge in [-0.2, -0.15) is 0 Å². The van der Waals surface area contributed by atoms with Crippen LogP contribution in [0.4, 0.5) is 5.69 Å². The minimum atomic E-state index is -3.92. The monoisotopic (exact) mass is 328 g/mol. The van der Waals surface area contributed by atoms with Gasteiger partial charge in [-0.3, -0.25) is 9.59 Å². The molecular formula is C11H9ClN4O4S. The molecule has 0 aliphatic heterocycles. The zero-order valence-corrected chi connectivity index (χ0v) is 11.9. The number of aromatic nitrogens is 2. The molecule has 0 saturated carbocycles. The van der Waals surface area contributed by atoms with Crippen LogP contribution in [-0.2, 0) is 10.0 Å². The molecule has 21 heavy (non-hydrogen) atoms. The first-order valence-electron chi connectivity index (χ1n) is 5.46. The summed E-state index contributed by atoms with van der Waals surface area (Å²) in [4.78, 5) is 28.5. The molecule has 0 aliphatic carbocycles. The Balaban J connectivity index is 2.33. The van der Waals surface area contributed by atoms with Gasteiger partial charge in [0.15, 0.2) is 0 Å². The summed E-state index contributed by atoms with van der Waals surface area (Å²) < 4.78 is 22.5. The second-order valence-electron chi connectivity index (χ2n) is 3.94. The van der Waals surface area contributed by atoms with Crippen LogP contribution in [0.1, 0.15) is 10.5 Å². The number of hydrogen-bond acceptors (Lipinski definition) is 5. The summed E-state index contributed by atoms with van der Waals surface area (Å²) in [7, 11) is -3.92. The van der Waals surface area contributed by atoms with Gasteiger partial charge in [0, 0.05) is 6.20 Å². The second kappa shape index (κ2) is 5.64. The number of aromatic amines is 1. The highest BCUT2D eigenvalue weighted by Gasteiger charge is 2.14. The molecule has 1 aromatic carbocycles. The molecule has 0 fully saturated rings. The van der Waals surface area contributed by atoms with E-state index < -0.39 is 21.5 Å². The fraction of sp³-hybridized carbons (Fsp3) is 0. The molecule has 0 aliphatic rings. The predicted molar refractivity (Wildman–Crippen MR) is 75.6 cm³/mol. The molecule has 2 rings (SSSR count). The molecule has 8 nitrogen and oxygen atoms in total. The summed E-state index contributed by atoms with van der Waals surface area (Å²) in [5.74, 6) is -0.667. The Bertz CT molecular complexity index is 842. The fourth-order valence-corrected chi connectivity index (χ4v) is 2.13. The van der Waals surface area contributed by atoms with E-state index in [0.717, 1.165) is 18.5 Å². The van der Waals surface area contributed by atoms with Gasteiger partial charge in [0.25, 0.3) is 11.5 Å². The Labute approximate surface area is 124 Å². The van der Waals surface area contributed by atoms with Crippen molar-refractivity contribution in [1.29, 1.82) is 0 Å². The highest BCUT2D eigenvalue weighted by atomic mass is 35.5. The zero-order chi connectivity index (χ0) is 15.6. The number of anilines is 1. The molecule has 10 heteroatoms. The van der Waals surface area contributed by atoms with Crippen molar-refractivity contribution in [3.05, 3.63) is 51.7 Å². The number of halogens is 1. The van der Waals surface area contributed by atoms with E-state index in [2.05, 4.69) is 15.3 Å². The van der Waals surface area contributed by atoms with Crippen molar-refractivity contribution < 1.29 is 13.2 Å². The average molecular weight is 329 g/mol. The van der Waals surface area contributed by atoms with E-state index in [4.69, 9.17) is 16.7 Å². The van der Waals surface area contributed by atoms with E-state index in [-0.39, 0.29) is 21.3 Å². The van der Waals surface area contributed by atoms with E-state index in [9.17, 15) is 18.0 Å². The van der Waals surface area contributed by atoms with Crippen LogP contribution in [0.3, 0.4) is 0 Å². The minimum Gasteiger partial charge on any atom is -0.325 e. The molecule has 0 spiro atoms. The first-order valence-corrected chi connectivity index (χ1v) is 7.38. The Morgan fingerprint density at radius 2 is 2.10 bits per heavy atom. The number of sulfonamides is 1. The molecule has 4 N–H and O–H groups in total. The molecule has 0 saturated heterocycles. The molecule has 0 unspecified atom stereocenters. The van der Waals surface area contributed by atoms with Crippen molar-refractivity contribution in [2.24, 2.45) is 5.14 Å². The van der Waals surface area contributed by atoms with Crippen LogP contribution in [0.2, 0.25) is 5.02 Å². The van der Waals surface area contributed by atoms with Crippen molar-refractivity contribution in [2.75, 3.05) is 5.32 Å². The Kier molecular flexibility index (Phi) is 4.07. The minimum absolute atomic E-state index is 0.0567. The number of amides is 1. The summed E-state index contributed by atoms with van der Waals surface area (Å²) in [5.41, 5.74) is -0.464. The van der Waals surface area contributed by atoms with E-state index in [1.807, 2.05) is 0 Å². The number of carbonyl (C=O) groups excluding carboxylic acids is 1. The van der Waals surface area contributed by atoms with Crippen LogP contribution in [-0.4, -0.2) is 24.3 Å². The summed E-state index contributed by atoms with van der Waals surface area (Å²) >= 11 is 5.87. The van der Waals surface area contributed by atoms with E-state index in [0.29, 0.717) is 0 Å². The first kappa shape index (κ1) is 15.2. The standard InChI is InChI=1S/C11H9ClN4O4S/c12-7-2-1-6(21(13,19)20)3-8(7)16-11(18)9-4-15-10(17)5-14-9/h1-5H,(H,15,17)(H,16,18)(H2,13,19,20). The summed E-state index contributed by atoms with van der Waals surface area (Å²) in [5, 5.41) is 7.51. The van der Waals surface area contributed by atoms with Gasteiger partial charge in [-0.15, -0.1) is 0 Å². The largest absolute Gasteiger partial charge is 0.325 e. The van der Waals surface area contributed by atoms with Gasteiger partial charge >= 0.3 is 0 Å². The van der Waals surface area contributed by atoms with Crippen molar-refractivity contribution in [3.8, 4) is 0 Å². The number of hydrogen-bond donors (Lipinski definition) is 3.